The lowest BCUT2D eigenvalue weighted by Gasteiger charge is -2.16. The van der Waals surface area contributed by atoms with E-state index in [4.69, 9.17) is 44.2 Å². The zero-order valence-corrected chi connectivity index (χ0v) is 23.0. The lowest BCUT2D eigenvalue weighted by molar-refractivity contribution is 0.515. The molecule has 0 saturated heterocycles. The molecular weight excluding hydrogens is 569 g/mol. The fourth-order valence-corrected chi connectivity index (χ4v) is 5.01. The van der Waals surface area contributed by atoms with Crippen LogP contribution in [0.3, 0.4) is 0 Å². The summed E-state index contributed by atoms with van der Waals surface area (Å²) in [7, 11) is 0. The van der Waals surface area contributed by atoms with Crippen LogP contribution in [0.2, 0.25) is 15.1 Å². The molecule has 0 spiro atoms. The molecule has 6 aromatic rings. The van der Waals surface area contributed by atoms with Crippen molar-refractivity contribution in [3.8, 4) is 6.01 Å². The summed E-state index contributed by atoms with van der Waals surface area (Å²) in [4.78, 5) is 23.1. The van der Waals surface area contributed by atoms with Crippen LogP contribution in [-0.2, 0) is 6.42 Å². The molecule has 4 aromatic carbocycles. The molecule has 0 aliphatic heterocycles. The maximum absolute atomic E-state index is 13.8. The van der Waals surface area contributed by atoms with E-state index in [0.29, 0.717) is 49.0 Å². The SMILES string of the molecule is O=c1c2ccccc2nc(Cc2ccccc2Nc2c(Cl)cccc2Cl)n1-c1nc(Nc2ccccc2Cl)co1. The Balaban J connectivity index is 1.43. The molecule has 0 aliphatic rings. The largest absolute Gasteiger partial charge is 0.429 e. The molecule has 0 amide bonds. The standard InChI is InChI=1S/C30H20Cl3N5O2/c31-20-10-3-6-15-25(20)34-26-17-40-30(37-26)38-27(35-24-14-5-2-9-19(24)29(38)39)16-18-8-1-4-13-23(18)36-28-21(32)11-7-12-22(28)33/h1-15,17,34,36H,16H2. The number of aromatic nitrogens is 3. The molecule has 0 saturated carbocycles. The first kappa shape index (κ1) is 26.0. The molecule has 0 radical (unpaired) electrons. The van der Waals surface area contributed by atoms with Crippen molar-refractivity contribution in [2.75, 3.05) is 10.6 Å². The summed E-state index contributed by atoms with van der Waals surface area (Å²) in [6, 6.07) is 27.5. The van der Waals surface area contributed by atoms with Gasteiger partial charge in [0.2, 0.25) is 0 Å². The average Bonchev–Trinajstić information content (AvgIpc) is 3.41. The van der Waals surface area contributed by atoms with E-state index in [1.807, 2.05) is 48.5 Å². The number of rotatable bonds is 7. The highest BCUT2D eigenvalue weighted by molar-refractivity contribution is 6.39. The molecule has 0 aliphatic carbocycles. The Labute approximate surface area is 244 Å². The molecule has 0 fully saturated rings. The molecule has 198 valence electrons. The molecule has 40 heavy (non-hydrogen) atoms. The zero-order valence-electron chi connectivity index (χ0n) is 20.7. The highest BCUT2D eigenvalue weighted by Gasteiger charge is 2.19. The van der Waals surface area contributed by atoms with E-state index in [9.17, 15) is 4.79 Å². The molecule has 2 N–H and O–H groups in total. The van der Waals surface area contributed by atoms with Gasteiger partial charge in [0.1, 0.15) is 12.1 Å². The van der Waals surface area contributed by atoms with Gasteiger partial charge in [-0.1, -0.05) is 83.3 Å². The zero-order chi connectivity index (χ0) is 27.6. The Kier molecular flexibility index (Phi) is 7.17. The second kappa shape index (κ2) is 11.1. The number of anilines is 4. The van der Waals surface area contributed by atoms with Crippen molar-refractivity contribution in [1.29, 1.82) is 0 Å². The van der Waals surface area contributed by atoms with Crippen LogP contribution >= 0.6 is 34.8 Å². The van der Waals surface area contributed by atoms with E-state index in [0.717, 1.165) is 11.3 Å². The second-order valence-electron chi connectivity index (χ2n) is 8.86. The van der Waals surface area contributed by atoms with Gasteiger partial charge >= 0.3 is 6.01 Å². The quantitative estimate of drug-likeness (QED) is 0.195. The van der Waals surface area contributed by atoms with Gasteiger partial charge in [-0.25, -0.2) is 9.55 Å². The van der Waals surface area contributed by atoms with Crippen LogP contribution in [0.1, 0.15) is 11.4 Å². The summed E-state index contributed by atoms with van der Waals surface area (Å²) < 4.78 is 7.17. The predicted octanol–water partition coefficient (Wildman–Crippen LogP) is 8.41. The number of hydrogen-bond acceptors (Lipinski definition) is 6. The van der Waals surface area contributed by atoms with Crippen LogP contribution in [-0.4, -0.2) is 14.5 Å². The Morgan fingerprint density at radius 3 is 2.20 bits per heavy atom. The third kappa shape index (κ3) is 5.14. The van der Waals surface area contributed by atoms with E-state index < -0.39 is 0 Å². The molecule has 10 heteroatoms. The fourth-order valence-electron chi connectivity index (χ4n) is 4.34. The number of halogens is 3. The molecule has 2 aromatic heterocycles. The van der Waals surface area contributed by atoms with Gasteiger partial charge in [0, 0.05) is 12.1 Å². The minimum Gasteiger partial charge on any atom is -0.429 e. The highest BCUT2D eigenvalue weighted by atomic mass is 35.5. The number of fused-ring (bicyclic) bond motifs is 1. The van der Waals surface area contributed by atoms with Crippen LogP contribution in [0.15, 0.2) is 106 Å². The van der Waals surface area contributed by atoms with Gasteiger partial charge in [-0.2, -0.15) is 4.98 Å². The highest BCUT2D eigenvalue weighted by Crippen LogP contribution is 2.34. The Hall–Kier alpha value is -4.30. The van der Waals surface area contributed by atoms with E-state index in [-0.39, 0.29) is 18.0 Å². The maximum atomic E-state index is 13.8. The smallest absolute Gasteiger partial charge is 0.312 e. The lowest BCUT2D eigenvalue weighted by atomic mass is 10.1. The predicted molar refractivity (Wildman–Crippen MR) is 161 cm³/mol. The van der Waals surface area contributed by atoms with Crippen molar-refractivity contribution < 1.29 is 4.42 Å². The van der Waals surface area contributed by atoms with Crippen LogP contribution in [0, 0.1) is 0 Å². The third-order valence-electron chi connectivity index (χ3n) is 6.25. The number of para-hydroxylation sites is 4. The van der Waals surface area contributed by atoms with Crippen LogP contribution in [0.25, 0.3) is 16.9 Å². The fraction of sp³-hybridized carbons (Fsp3) is 0.0333. The van der Waals surface area contributed by atoms with E-state index in [2.05, 4.69) is 15.6 Å². The number of oxazole rings is 1. The summed E-state index contributed by atoms with van der Waals surface area (Å²) in [6.45, 7) is 0. The summed E-state index contributed by atoms with van der Waals surface area (Å²) in [5.41, 5.74) is 3.14. The van der Waals surface area contributed by atoms with Gasteiger partial charge in [0.15, 0.2) is 5.82 Å². The maximum Gasteiger partial charge on any atom is 0.312 e. The van der Waals surface area contributed by atoms with Gasteiger partial charge in [0.25, 0.3) is 5.56 Å². The first-order valence-electron chi connectivity index (χ1n) is 12.2. The van der Waals surface area contributed by atoms with Crippen molar-refractivity contribution in [3.05, 3.63) is 134 Å². The molecule has 0 atom stereocenters. The average molecular weight is 589 g/mol. The normalized spacial score (nSPS) is 11.1. The number of nitrogens with zero attached hydrogens (tertiary/aromatic N) is 3. The van der Waals surface area contributed by atoms with Crippen molar-refractivity contribution in [3.63, 3.8) is 0 Å². The summed E-state index contributed by atoms with van der Waals surface area (Å²) in [6.07, 6.45) is 1.71. The topological polar surface area (TPSA) is 85.0 Å². The van der Waals surface area contributed by atoms with Gasteiger partial charge < -0.3 is 15.1 Å². The van der Waals surface area contributed by atoms with Gasteiger partial charge in [-0.05, 0) is 48.0 Å². The van der Waals surface area contributed by atoms with Gasteiger partial charge in [-0.15, -0.1) is 0 Å². The monoisotopic (exact) mass is 587 g/mol. The lowest BCUT2D eigenvalue weighted by Crippen LogP contribution is -2.24. The minimum absolute atomic E-state index is 0.0763. The molecule has 2 heterocycles. The van der Waals surface area contributed by atoms with E-state index in [1.54, 1.807) is 42.5 Å². The first-order valence-corrected chi connectivity index (χ1v) is 13.4. The number of nitrogens with one attached hydrogen (secondary N) is 2. The van der Waals surface area contributed by atoms with E-state index in [1.165, 1.54) is 10.8 Å². The van der Waals surface area contributed by atoms with Gasteiger partial charge in [0.05, 0.1) is 37.3 Å². The van der Waals surface area contributed by atoms with Crippen molar-refractivity contribution >= 4 is 68.6 Å². The van der Waals surface area contributed by atoms with Crippen LogP contribution in [0.5, 0.6) is 0 Å². The van der Waals surface area contributed by atoms with Crippen LogP contribution < -0.4 is 16.2 Å². The molecule has 7 nitrogen and oxygen atoms in total. The summed E-state index contributed by atoms with van der Waals surface area (Å²) in [5, 5.41) is 8.41. The Morgan fingerprint density at radius 2 is 1.40 bits per heavy atom. The Morgan fingerprint density at radius 1 is 0.725 bits per heavy atom. The second-order valence-corrected chi connectivity index (χ2v) is 10.1. The minimum atomic E-state index is -0.300. The summed E-state index contributed by atoms with van der Waals surface area (Å²) in [5.74, 6) is 0.832. The van der Waals surface area contributed by atoms with Crippen molar-refractivity contribution in [1.82, 2.24) is 14.5 Å². The van der Waals surface area contributed by atoms with Crippen molar-refractivity contribution in [2.24, 2.45) is 0 Å². The van der Waals surface area contributed by atoms with E-state index >= 15 is 0 Å². The number of hydrogen-bond donors (Lipinski definition) is 2. The Bertz CT molecular complexity index is 1900. The van der Waals surface area contributed by atoms with Crippen molar-refractivity contribution in [2.45, 2.75) is 6.42 Å². The first-order chi connectivity index (χ1) is 19.5. The molecular formula is C30H20Cl3N5O2. The molecule has 0 bridgehead atoms. The molecule has 0 unspecified atom stereocenters. The summed E-state index contributed by atoms with van der Waals surface area (Å²) >= 11 is 19.1. The number of benzene rings is 4. The third-order valence-corrected chi connectivity index (χ3v) is 7.21. The van der Waals surface area contributed by atoms with Crippen LogP contribution in [0.4, 0.5) is 22.9 Å². The van der Waals surface area contributed by atoms with Gasteiger partial charge in [-0.3, -0.25) is 4.79 Å². The molecule has 6 rings (SSSR count).